The predicted molar refractivity (Wildman–Crippen MR) is 536 cm³/mol. The number of esters is 1. The summed E-state index contributed by atoms with van der Waals surface area (Å²) in [6, 6.07) is -0.986. The van der Waals surface area contributed by atoms with Crippen LogP contribution in [0.4, 0.5) is 31.1 Å². The van der Waals surface area contributed by atoms with Crippen LogP contribution in [0.2, 0.25) is 0 Å². The van der Waals surface area contributed by atoms with Crippen molar-refractivity contribution in [2.75, 3.05) is 59.3 Å². The molecule has 13 aliphatic heterocycles. The van der Waals surface area contributed by atoms with Crippen molar-refractivity contribution in [1.82, 2.24) is 26.2 Å². The number of epoxide rings is 4. The zero-order valence-electron chi connectivity index (χ0n) is 89.7. The Labute approximate surface area is 866 Å². The Hall–Kier alpha value is -7.72. The van der Waals surface area contributed by atoms with Crippen LogP contribution in [0.3, 0.4) is 0 Å². The molecule has 148 heavy (non-hydrogen) atoms. The van der Waals surface area contributed by atoms with E-state index in [-0.39, 0.29) is 108 Å². The van der Waals surface area contributed by atoms with E-state index in [0.717, 1.165) is 48.3 Å². The molecule has 33 nitrogen and oxygen atoms in total. The Kier molecular flexibility index (Phi) is 42.9. The lowest BCUT2D eigenvalue weighted by Crippen LogP contribution is -2.53. The van der Waals surface area contributed by atoms with Crippen LogP contribution < -0.4 is 21.3 Å². The molecule has 10 N–H and O–H groups in total. The molecule has 13 rings (SSSR count). The second kappa shape index (κ2) is 52.0. The number of amides is 5. The molecule has 0 radical (unpaired) electrons. The SMILES string of the molecule is CC(/C=C/[C@H]1OC(C)(C)C[C@@]2(CO2)[C@@H]1O)=C\C[C@@H]1O[C@H](C)[C@H](NC(=O)/C=C\[C@@H](C)O)C[C@@H]1C.CC(=O)O[C@H](C)/C=C\C(=O)N[C@@H]1CO[C@H](C/C=C(C)/C=C/[C@H]2OC(C)(C)C[C@@]3(CO3)[C@@H]2O)O[C@@H]1C.C[C@@H](/C=C\C(=O)N[C@@H]1C[C@H](C)[C@H](C/C=C(/C=C/[C@H]2OC(C)(C)C[C@@]3(CO3)[C@@H]2O)C(F)(F)F)O[C@@H]1C)OC(=O)N1CCOCC1.C[C@@H](O)/C=C\C(=O)N[C@@H]1C[C@H](C)[C@H](C/C=C(/C=C/[C@H]2OC(C)(C)C[C@@]3(CO3)[C@@H]2O)C(F)(F)F)O[C@@H]1C. The molecule has 0 saturated carbocycles. The Morgan fingerprint density at radius 3 is 1.00 bits per heavy atom. The van der Waals surface area contributed by atoms with E-state index in [4.69, 9.17) is 75.8 Å². The average molecular weight is 2110 g/mol. The molecule has 31 atom stereocenters. The molecule has 5 amide bonds. The molecule has 0 unspecified atom stereocenters. The summed E-state index contributed by atoms with van der Waals surface area (Å²) in [5.74, 6) is -1.61. The van der Waals surface area contributed by atoms with E-state index in [1.54, 1.807) is 39.5 Å². The molecule has 13 aliphatic rings. The summed E-state index contributed by atoms with van der Waals surface area (Å²) in [6.45, 7) is 44.5. The third-order valence-corrected chi connectivity index (χ3v) is 28.7. The number of hydrogen-bond donors (Lipinski definition) is 10. The van der Waals surface area contributed by atoms with E-state index < -0.39 is 173 Å². The Balaban J connectivity index is 0.000000203. The average Bonchev–Trinajstić information content (AvgIpc) is 1.60. The lowest BCUT2D eigenvalue weighted by molar-refractivity contribution is -0.217. The highest BCUT2D eigenvalue weighted by molar-refractivity contribution is 5.89. The minimum absolute atomic E-state index is 0.0178. The number of halogens is 6. The zero-order valence-corrected chi connectivity index (χ0v) is 89.7. The van der Waals surface area contributed by atoms with E-state index >= 15 is 0 Å². The van der Waals surface area contributed by atoms with Gasteiger partial charge in [-0.25, -0.2) is 4.79 Å². The van der Waals surface area contributed by atoms with E-state index in [2.05, 4.69) is 34.3 Å². The van der Waals surface area contributed by atoms with Crippen molar-refractivity contribution in [1.29, 1.82) is 0 Å². The van der Waals surface area contributed by atoms with Crippen molar-refractivity contribution in [2.45, 2.75) is 427 Å². The first-order valence-corrected chi connectivity index (χ1v) is 51.9. The van der Waals surface area contributed by atoms with E-state index in [1.807, 2.05) is 127 Å². The quantitative estimate of drug-likeness (QED) is 0.0105. The summed E-state index contributed by atoms with van der Waals surface area (Å²) < 4.78 is 175. The number of rotatable bonds is 30. The van der Waals surface area contributed by atoms with Crippen LogP contribution in [0.15, 0.2) is 144 Å². The first kappa shape index (κ1) is 122. The zero-order chi connectivity index (χ0) is 109. The lowest BCUT2D eigenvalue weighted by Gasteiger charge is -2.41. The van der Waals surface area contributed by atoms with Gasteiger partial charge in [-0.15, -0.1) is 0 Å². The summed E-state index contributed by atoms with van der Waals surface area (Å²) in [7, 11) is 0. The van der Waals surface area contributed by atoms with Gasteiger partial charge < -0.3 is 133 Å². The Bertz CT molecular complexity index is 4800. The van der Waals surface area contributed by atoms with E-state index in [1.165, 1.54) is 74.6 Å². The number of morpholine rings is 1. The maximum atomic E-state index is 13.9. The molecule has 13 saturated heterocycles. The fourth-order valence-electron chi connectivity index (χ4n) is 20.4. The molecule has 0 bridgehead atoms. The van der Waals surface area contributed by atoms with Crippen LogP contribution in [-0.4, -0.2) is 334 Å². The predicted octanol–water partition coefficient (Wildman–Crippen LogP) is 12.3. The Morgan fingerprint density at radius 2 is 0.696 bits per heavy atom. The number of allylic oxidation sites excluding steroid dienone is 8. The molecular formula is C109H163F6N5O28. The summed E-state index contributed by atoms with van der Waals surface area (Å²) >= 11 is 0. The minimum Gasteiger partial charge on any atom is -0.459 e. The third-order valence-electron chi connectivity index (χ3n) is 28.7. The largest absolute Gasteiger partial charge is 0.459 e. The number of aliphatic hydroxyl groups is 6. The van der Waals surface area contributed by atoms with E-state index in [0.29, 0.717) is 104 Å². The number of aliphatic hydroxyl groups excluding tert-OH is 6. The van der Waals surface area contributed by atoms with Crippen molar-refractivity contribution in [3.05, 3.63) is 144 Å². The highest BCUT2D eigenvalue weighted by Crippen LogP contribution is 2.51. The van der Waals surface area contributed by atoms with Crippen molar-refractivity contribution >= 4 is 35.7 Å². The van der Waals surface area contributed by atoms with Gasteiger partial charge in [-0.2, -0.15) is 26.3 Å². The molecular weight excluding hydrogens is 1940 g/mol. The topological polar surface area (TPSA) is 436 Å². The van der Waals surface area contributed by atoms with Crippen LogP contribution in [0.1, 0.15) is 223 Å². The maximum Gasteiger partial charge on any atom is 0.416 e. The van der Waals surface area contributed by atoms with Gasteiger partial charge in [0.05, 0.1) is 159 Å². The number of hydrogen-bond acceptors (Lipinski definition) is 28. The van der Waals surface area contributed by atoms with Gasteiger partial charge in [0, 0.05) is 76.4 Å². The molecule has 4 spiro atoms. The fraction of sp³-hybridized carbons (Fsp3) is 0.725. The molecule has 13 heterocycles. The maximum absolute atomic E-state index is 13.9. The second-order valence-corrected chi connectivity index (χ2v) is 44.6. The van der Waals surface area contributed by atoms with Crippen molar-refractivity contribution in [3.8, 4) is 0 Å². The molecule has 0 aromatic rings. The second-order valence-electron chi connectivity index (χ2n) is 44.6. The van der Waals surface area contributed by atoms with Gasteiger partial charge in [-0.1, -0.05) is 117 Å². The standard InChI is InChI=1S/C31H45F3N2O8.C26H38F3NO6.C26H39NO8.C26H41NO6/c1-19-16-23(35-26(37)11-6-20(2)42-28(39)36-12-14-40-15-13-36)21(3)43-24(19)9-7-22(31(32,33)34)8-10-25-27(38)30(18-41-30)17-29(4,5)44-25;1-15-12-19(30-22(32)11-6-16(2)31)17(3)35-20(15)9-7-18(26(27,28)29)8-10-21-23(33)25(14-34-25)13-24(4,5)36-21;1-16(7-10-21-24(30)26(15-32-26)14-25(5,6)35-21)8-12-23-31-13-20(18(3)34-23)27-22(29)11-9-17(2)33-19(4)28;1-16(8-11-22-24(30)26(15-31-26)14-25(5,6)33-22)7-10-21-17(2)13-20(19(4)32-21)27-23(29)12-9-18(3)28/h6-8,10-11,19-21,23-25,27,38H,9,12-18H2,1-5H3,(H,35,37);6-8,10-11,15-17,19-21,23,31,33H,9,12-14H2,1-5H3,(H,30,32);7-11,17-18,20-21,23-24,30H,12-15H2,1-6H3,(H,27,29);7-9,11-12,17-22,24,28,30H,10,13-15H2,1-6H3,(H,27,29)/b10-8+,11-6-,22-7-;10-8+,11-6-,18-7-;10-7+,11-9-,16-8+;11-8+,12-9-,16-7+/t19-,20-,21+,23+,24-,25+,27+,30+;15-,16+,17+,19+,20-,21+,23+,25+;17-,18-,20-,21-,23+,24-,26-;17-,18+,19+,20+,21-,22+,24+,26+/m0010/s1. The fourth-order valence-corrected chi connectivity index (χ4v) is 20.4. The summed E-state index contributed by atoms with van der Waals surface area (Å²) in [5.41, 5.74) is -4.02. The highest BCUT2D eigenvalue weighted by atomic mass is 19.4. The molecule has 13 fully saturated rings. The van der Waals surface area contributed by atoms with Crippen LogP contribution in [0.5, 0.6) is 0 Å². The van der Waals surface area contributed by atoms with Gasteiger partial charge in [0.1, 0.15) is 83.4 Å². The van der Waals surface area contributed by atoms with Crippen LogP contribution in [0.25, 0.3) is 0 Å². The molecule has 834 valence electrons. The van der Waals surface area contributed by atoms with Gasteiger partial charge >= 0.3 is 24.4 Å². The first-order valence-electron chi connectivity index (χ1n) is 51.9. The number of ether oxygens (including phenoxy) is 16. The summed E-state index contributed by atoms with van der Waals surface area (Å²) in [6.07, 6.45) is 14.5. The number of nitrogens with one attached hydrogen (secondary N) is 4. The van der Waals surface area contributed by atoms with Gasteiger partial charge in [0.2, 0.25) is 23.6 Å². The smallest absolute Gasteiger partial charge is 0.416 e. The van der Waals surface area contributed by atoms with Crippen LogP contribution in [0, 0.1) is 17.8 Å². The lowest BCUT2D eigenvalue weighted by atomic mass is 9.83. The number of carbonyl (C=O) groups excluding carboxylic acids is 6. The minimum atomic E-state index is -4.61. The third kappa shape index (κ3) is 37.0. The van der Waals surface area contributed by atoms with Crippen LogP contribution >= 0.6 is 0 Å². The number of nitrogens with zero attached hydrogens (tertiary/aromatic N) is 1. The first-order chi connectivity index (χ1) is 69.0. The summed E-state index contributed by atoms with van der Waals surface area (Å²) in [4.78, 5) is 73.5. The molecule has 0 aromatic carbocycles. The van der Waals surface area contributed by atoms with Crippen molar-refractivity contribution in [3.63, 3.8) is 0 Å². The summed E-state index contributed by atoms with van der Waals surface area (Å²) in [5, 5.41) is 72.6. The monoisotopic (exact) mass is 2100 g/mol. The number of carbonyl (C=O) groups is 6. The Morgan fingerprint density at radius 1 is 0.405 bits per heavy atom. The van der Waals surface area contributed by atoms with Gasteiger partial charge in [0.25, 0.3) is 0 Å². The molecule has 0 aromatic heterocycles. The molecule has 0 aliphatic carbocycles. The number of alkyl halides is 6. The van der Waals surface area contributed by atoms with Gasteiger partial charge in [0.15, 0.2) is 6.29 Å². The van der Waals surface area contributed by atoms with E-state index in [9.17, 15) is 85.7 Å². The van der Waals surface area contributed by atoms with Gasteiger partial charge in [-0.05, 0) is 193 Å². The van der Waals surface area contributed by atoms with Crippen LogP contribution in [-0.2, 0) is 99.8 Å². The van der Waals surface area contributed by atoms with Crippen molar-refractivity contribution in [2.24, 2.45) is 17.8 Å². The van der Waals surface area contributed by atoms with Gasteiger partial charge in [-0.3, -0.25) is 24.0 Å². The molecule has 39 heteroatoms. The highest BCUT2D eigenvalue weighted by Gasteiger charge is 2.64. The van der Waals surface area contributed by atoms with Crippen molar-refractivity contribution < 1.29 is 162 Å². The normalized spacial score (nSPS) is 37.1.